The summed E-state index contributed by atoms with van der Waals surface area (Å²) in [6, 6.07) is 8.01. The predicted octanol–water partition coefficient (Wildman–Crippen LogP) is 2.29. The van der Waals surface area contributed by atoms with Crippen molar-refractivity contribution in [3.05, 3.63) is 29.8 Å². The van der Waals surface area contributed by atoms with E-state index in [9.17, 15) is 5.11 Å². The molecule has 0 bridgehead atoms. The van der Waals surface area contributed by atoms with E-state index in [0.717, 1.165) is 5.75 Å². The van der Waals surface area contributed by atoms with Crippen LogP contribution in [0.5, 0.6) is 5.75 Å². The Labute approximate surface area is 104 Å². The fourth-order valence-corrected chi connectivity index (χ4v) is 1.57. The minimum atomic E-state index is -0.841. The van der Waals surface area contributed by atoms with Crippen LogP contribution in [0.25, 0.3) is 0 Å². The fraction of sp³-hybridized carbons (Fsp3) is 0.571. The third-order valence-electron chi connectivity index (χ3n) is 2.88. The summed E-state index contributed by atoms with van der Waals surface area (Å²) in [5.41, 5.74) is 5.81. The summed E-state index contributed by atoms with van der Waals surface area (Å²) >= 11 is 0. The van der Waals surface area contributed by atoms with Crippen LogP contribution < -0.4 is 10.5 Å². The third-order valence-corrected chi connectivity index (χ3v) is 2.88. The van der Waals surface area contributed by atoms with E-state index in [1.165, 1.54) is 5.56 Å². The molecule has 0 aromatic heterocycles. The van der Waals surface area contributed by atoms with E-state index in [1.807, 2.05) is 18.2 Å². The van der Waals surface area contributed by atoms with E-state index in [-0.39, 0.29) is 6.54 Å². The first-order valence-corrected chi connectivity index (χ1v) is 6.10. The molecule has 0 saturated carbocycles. The van der Waals surface area contributed by atoms with Crippen LogP contribution in [0.4, 0.5) is 0 Å². The highest BCUT2D eigenvalue weighted by molar-refractivity contribution is 5.35. The first kappa shape index (κ1) is 14.0. The molecule has 0 amide bonds. The maximum atomic E-state index is 9.77. The number of rotatable bonds is 6. The van der Waals surface area contributed by atoms with Crippen molar-refractivity contribution in [2.24, 2.45) is 5.73 Å². The molecular formula is C14H23NO2. The average molecular weight is 237 g/mol. The van der Waals surface area contributed by atoms with Crippen LogP contribution in [0.15, 0.2) is 24.3 Å². The quantitative estimate of drug-likeness (QED) is 0.798. The fourth-order valence-electron chi connectivity index (χ4n) is 1.57. The summed E-state index contributed by atoms with van der Waals surface area (Å²) in [6.45, 7) is 6.73. The highest BCUT2D eigenvalue weighted by atomic mass is 16.5. The highest BCUT2D eigenvalue weighted by Crippen LogP contribution is 2.26. The summed E-state index contributed by atoms with van der Waals surface area (Å²) in [4.78, 5) is 0. The molecule has 1 aromatic carbocycles. The molecule has 3 N–H and O–H groups in total. The predicted molar refractivity (Wildman–Crippen MR) is 70.3 cm³/mol. The summed E-state index contributed by atoms with van der Waals surface area (Å²) in [7, 11) is 0. The summed E-state index contributed by atoms with van der Waals surface area (Å²) in [5.74, 6) is 1.33. The van der Waals surface area contributed by atoms with E-state index in [0.29, 0.717) is 18.9 Å². The van der Waals surface area contributed by atoms with Gasteiger partial charge in [-0.2, -0.15) is 0 Å². The van der Waals surface area contributed by atoms with Crippen LogP contribution in [0.1, 0.15) is 38.7 Å². The Kier molecular flexibility index (Phi) is 4.97. The number of hydrogen-bond donors (Lipinski definition) is 2. The van der Waals surface area contributed by atoms with Gasteiger partial charge in [0.1, 0.15) is 5.75 Å². The van der Waals surface area contributed by atoms with E-state index in [2.05, 4.69) is 19.9 Å². The monoisotopic (exact) mass is 237 g/mol. The van der Waals surface area contributed by atoms with Gasteiger partial charge in [-0.3, -0.25) is 0 Å². The van der Waals surface area contributed by atoms with Gasteiger partial charge in [0.2, 0.25) is 0 Å². The van der Waals surface area contributed by atoms with Gasteiger partial charge in [-0.05, 0) is 24.5 Å². The summed E-state index contributed by atoms with van der Waals surface area (Å²) in [5, 5.41) is 9.77. The molecule has 96 valence electrons. The highest BCUT2D eigenvalue weighted by Gasteiger charge is 2.18. The van der Waals surface area contributed by atoms with Crippen molar-refractivity contribution in [3.8, 4) is 5.75 Å². The lowest BCUT2D eigenvalue weighted by Gasteiger charge is -2.21. The normalized spacial score (nSPS) is 14.7. The molecule has 3 heteroatoms. The lowest BCUT2D eigenvalue weighted by molar-refractivity contribution is 0.0452. The zero-order chi connectivity index (χ0) is 12.9. The van der Waals surface area contributed by atoms with Gasteiger partial charge in [-0.15, -0.1) is 0 Å². The maximum Gasteiger partial charge on any atom is 0.122 e. The second-order valence-electron chi connectivity index (χ2n) is 4.99. The van der Waals surface area contributed by atoms with Gasteiger partial charge in [0, 0.05) is 13.0 Å². The molecule has 0 aliphatic carbocycles. The Morgan fingerprint density at radius 1 is 1.35 bits per heavy atom. The zero-order valence-electron chi connectivity index (χ0n) is 10.9. The van der Waals surface area contributed by atoms with Crippen molar-refractivity contribution in [2.45, 2.75) is 38.7 Å². The van der Waals surface area contributed by atoms with Crippen molar-refractivity contribution in [1.82, 2.24) is 0 Å². The van der Waals surface area contributed by atoms with Gasteiger partial charge in [-0.25, -0.2) is 0 Å². The van der Waals surface area contributed by atoms with Gasteiger partial charge in [0.25, 0.3) is 0 Å². The van der Waals surface area contributed by atoms with E-state index < -0.39 is 5.60 Å². The van der Waals surface area contributed by atoms with Crippen LogP contribution in [0.2, 0.25) is 0 Å². The number of ether oxygens (including phenoxy) is 1. The van der Waals surface area contributed by atoms with Crippen molar-refractivity contribution in [2.75, 3.05) is 13.2 Å². The van der Waals surface area contributed by atoms with Crippen LogP contribution >= 0.6 is 0 Å². The minimum Gasteiger partial charge on any atom is -0.493 e. The number of benzene rings is 1. The molecule has 1 aromatic rings. The summed E-state index contributed by atoms with van der Waals surface area (Å²) < 4.78 is 5.72. The molecule has 0 heterocycles. The summed E-state index contributed by atoms with van der Waals surface area (Å²) in [6.07, 6.45) is 0.538. The number of aliphatic hydroxyl groups is 1. The van der Waals surface area contributed by atoms with Gasteiger partial charge >= 0.3 is 0 Å². The molecule has 3 nitrogen and oxygen atoms in total. The molecule has 0 spiro atoms. The number of nitrogens with two attached hydrogens (primary N) is 1. The Morgan fingerprint density at radius 3 is 2.59 bits per heavy atom. The second-order valence-corrected chi connectivity index (χ2v) is 4.99. The Bertz CT molecular complexity index is 348. The molecule has 1 atom stereocenters. The number of para-hydroxylation sites is 1. The van der Waals surface area contributed by atoms with Crippen LogP contribution in [0.3, 0.4) is 0 Å². The van der Waals surface area contributed by atoms with Crippen molar-refractivity contribution in [3.63, 3.8) is 0 Å². The lowest BCUT2D eigenvalue weighted by Crippen LogP contribution is -2.35. The minimum absolute atomic E-state index is 0.252. The van der Waals surface area contributed by atoms with Crippen molar-refractivity contribution >= 4 is 0 Å². The van der Waals surface area contributed by atoms with Gasteiger partial charge < -0.3 is 15.6 Å². The molecular weight excluding hydrogens is 214 g/mol. The van der Waals surface area contributed by atoms with Gasteiger partial charge in [0.05, 0.1) is 12.2 Å². The molecule has 1 rings (SSSR count). The lowest BCUT2D eigenvalue weighted by atomic mass is 10.0. The molecule has 0 aliphatic rings. The average Bonchev–Trinajstić information content (AvgIpc) is 2.29. The third kappa shape index (κ3) is 4.36. The van der Waals surface area contributed by atoms with E-state index >= 15 is 0 Å². The van der Waals surface area contributed by atoms with Crippen molar-refractivity contribution in [1.29, 1.82) is 0 Å². The first-order valence-electron chi connectivity index (χ1n) is 6.10. The van der Waals surface area contributed by atoms with E-state index in [4.69, 9.17) is 10.5 Å². The Morgan fingerprint density at radius 2 is 2.00 bits per heavy atom. The Balaban J connectivity index is 2.58. The van der Waals surface area contributed by atoms with Gasteiger partial charge in [-0.1, -0.05) is 32.0 Å². The maximum absolute atomic E-state index is 9.77. The molecule has 0 saturated heterocycles. The van der Waals surface area contributed by atoms with Gasteiger partial charge in [0.15, 0.2) is 0 Å². The molecule has 1 unspecified atom stereocenters. The smallest absolute Gasteiger partial charge is 0.122 e. The van der Waals surface area contributed by atoms with Crippen LogP contribution in [-0.4, -0.2) is 23.9 Å². The standard InChI is InChI=1S/C14H23NO2/c1-11(2)12-6-4-5-7-13(12)17-9-8-14(3,16)10-15/h4-7,11,16H,8-10,15H2,1-3H3. The SMILES string of the molecule is CC(C)c1ccccc1OCCC(C)(O)CN. The van der Waals surface area contributed by atoms with Crippen LogP contribution in [-0.2, 0) is 0 Å². The van der Waals surface area contributed by atoms with Crippen molar-refractivity contribution < 1.29 is 9.84 Å². The zero-order valence-corrected chi connectivity index (χ0v) is 10.9. The molecule has 0 aliphatic heterocycles. The first-order chi connectivity index (χ1) is 7.96. The molecule has 0 fully saturated rings. The van der Waals surface area contributed by atoms with Crippen LogP contribution in [0, 0.1) is 0 Å². The molecule has 0 radical (unpaired) electrons. The second kappa shape index (κ2) is 6.03. The van der Waals surface area contributed by atoms with E-state index in [1.54, 1.807) is 6.92 Å². The Hall–Kier alpha value is -1.06. The topological polar surface area (TPSA) is 55.5 Å². The largest absolute Gasteiger partial charge is 0.493 e. The molecule has 17 heavy (non-hydrogen) atoms. The number of hydrogen-bond acceptors (Lipinski definition) is 3.